The molecule has 12 rings (SSSR count). The van der Waals surface area contributed by atoms with Crippen molar-refractivity contribution in [2.24, 2.45) is 0 Å². The second kappa shape index (κ2) is 24.2. The van der Waals surface area contributed by atoms with Gasteiger partial charge in [-0.1, -0.05) is 63.4 Å². The third kappa shape index (κ3) is 11.6. The van der Waals surface area contributed by atoms with E-state index in [1.54, 1.807) is 54.6 Å². The third-order valence-corrected chi connectivity index (χ3v) is 18.0. The Hall–Kier alpha value is -9.53. The molecule has 0 aliphatic heterocycles. The fourth-order valence-electron chi connectivity index (χ4n) is 10.2. The van der Waals surface area contributed by atoms with Gasteiger partial charge >= 0.3 is 0 Å². The maximum Gasteiger partial charge on any atom is 0.282 e. The summed E-state index contributed by atoms with van der Waals surface area (Å²) in [5.74, 6) is -5.01. The van der Waals surface area contributed by atoms with Gasteiger partial charge in [-0.2, -0.15) is 0 Å². The maximum absolute atomic E-state index is 15.5. The average molecular weight is 1240 g/mol. The summed E-state index contributed by atoms with van der Waals surface area (Å²) in [5, 5.41) is 23.1. The zero-order valence-electron chi connectivity index (χ0n) is 43.5. The molecular weight excluding hydrogens is 1190 g/mol. The van der Waals surface area contributed by atoms with Crippen LogP contribution in [-0.4, -0.2) is 75.2 Å². The molecule has 0 saturated heterocycles. The molecule has 2 aliphatic carbocycles. The second-order valence-electron chi connectivity index (χ2n) is 19.6. The van der Waals surface area contributed by atoms with Gasteiger partial charge in [0.2, 0.25) is 25.9 Å². The van der Waals surface area contributed by atoms with E-state index in [2.05, 4.69) is 19.4 Å². The first-order valence-corrected chi connectivity index (χ1v) is 28.4. The Morgan fingerprint density at radius 2 is 1.03 bits per heavy atom. The zero-order chi connectivity index (χ0) is 58.8. The van der Waals surface area contributed by atoms with Crippen LogP contribution in [0.3, 0.4) is 0 Å². The molecule has 20 nitrogen and oxygen atoms in total. The van der Waals surface area contributed by atoms with E-state index in [0.29, 0.717) is 47.4 Å². The quantitative estimate of drug-likeness (QED) is 0.0490. The number of methoxy groups -OCH3 is 1. The summed E-state index contributed by atoms with van der Waals surface area (Å²) in [6.07, 6.45) is 4.36. The molecule has 0 spiro atoms. The molecule has 0 atom stereocenters. The number of amides is 2. The number of carbonyl (C=O) groups excluding carboxylic acids is 2. The van der Waals surface area contributed by atoms with Gasteiger partial charge in [0.15, 0.2) is 0 Å². The predicted octanol–water partition coefficient (Wildman–Crippen LogP) is 11.6. The van der Waals surface area contributed by atoms with E-state index in [4.69, 9.17) is 4.74 Å². The fraction of sp³-hybridized carbons (Fsp3) is 0.186. The molecule has 27 heteroatoms. The number of non-ortho nitro benzene ring substituents is 2. The number of ether oxygens (including phenoxy) is 1. The fourth-order valence-corrected chi connectivity index (χ4v) is 12.8. The highest BCUT2D eigenvalue weighted by atomic mass is 35.5. The number of sulfonamides is 2. The summed E-state index contributed by atoms with van der Waals surface area (Å²) >= 11 is 0. The van der Waals surface area contributed by atoms with Crippen molar-refractivity contribution < 1.29 is 58.6 Å². The number of rotatable bonds is 15. The molecule has 2 aliphatic rings. The van der Waals surface area contributed by atoms with Crippen molar-refractivity contribution in [2.45, 2.75) is 64.1 Å². The molecular formula is C59H51ClF4N8O12S2. The van der Waals surface area contributed by atoms with Crippen molar-refractivity contribution in [3.05, 3.63) is 210 Å². The number of halogens is 5. The van der Waals surface area contributed by atoms with E-state index in [9.17, 15) is 51.4 Å². The number of fused-ring (bicyclic) bond motifs is 6. The molecule has 2 amide bonds. The van der Waals surface area contributed by atoms with Gasteiger partial charge in [0.1, 0.15) is 34.7 Å². The van der Waals surface area contributed by atoms with Crippen LogP contribution >= 0.6 is 12.4 Å². The number of nitrogens with one attached hydrogen (secondary N) is 3. The van der Waals surface area contributed by atoms with E-state index in [-0.39, 0.29) is 99.5 Å². The summed E-state index contributed by atoms with van der Waals surface area (Å²) < 4.78 is 125. The van der Waals surface area contributed by atoms with Gasteiger partial charge in [0.05, 0.1) is 51.6 Å². The number of H-pyrrole nitrogens is 1. The minimum Gasteiger partial charge on any atom is -0.481 e. The van der Waals surface area contributed by atoms with Gasteiger partial charge in [-0.3, -0.25) is 34.6 Å². The Bertz CT molecular complexity index is 4720. The van der Waals surface area contributed by atoms with Crippen LogP contribution < -0.4 is 19.7 Å². The van der Waals surface area contributed by atoms with Crippen molar-refractivity contribution in [1.29, 1.82) is 0 Å². The number of benzene rings is 6. The summed E-state index contributed by atoms with van der Waals surface area (Å²) in [6, 6.07) is 27.1. The van der Waals surface area contributed by atoms with Crippen LogP contribution in [0.4, 0.5) is 28.9 Å². The molecule has 4 aromatic heterocycles. The number of hydrogen-bond donors (Lipinski definition) is 3. The lowest BCUT2D eigenvalue weighted by Crippen LogP contribution is -2.35. The molecule has 2 fully saturated rings. The zero-order valence-corrected chi connectivity index (χ0v) is 45.9. The topological polar surface area (TPSA) is 278 Å². The standard InChI is InChI=1S/C29H22F2N4O6S.C28H20F2N4O6S.2CH4.ClH/c1-41-29-21(7-4-12-32-29)26-25-20-6-3-2-5-19(20)23(31)14-24(25)34(15-16-13-17(35(37)38)8-11-22(16)30)27(26)28(36)33-42(39,40)18-9-10-18;29-21-10-7-16(34(37)38)12-15(21)14-33-23-13-22(30)18-4-1-2-5-19(18)24(23)25(20-6-3-11-31-27(20)35)26(33)28(36)32-41(39,40)17-8-9-17;;;/h2-8,11-14,18H,9-10,15H2,1H3,(H,33,36);1-7,10-13,17H,8-9,14H2,(H,31,35)(H,32,36);2*1H4;1H. The molecule has 0 radical (unpaired) electrons. The van der Waals surface area contributed by atoms with Gasteiger partial charge < -0.3 is 18.9 Å². The minimum absolute atomic E-state index is 0. The lowest BCUT2D eigenvalue weighted by Gasteiger charge is -2.14. The van der Waals surface area contributed by atoms with E-state index in [1.807, 2.05) is 0 Å². The Kier molecular flexibility index (Phi) is 17.6. The molecule has 4 heterocycles. The number of nitrogens with zero attached hydrogens (tertiary/aromatic N) is 5. The molecule has 6 aromatic carbocycles. The Morgan fingerprint density at radius 1 is 0.616 bits per heavy atom. The Balaban J connectivity index is 0.000000216. The predicted molar refractivity (Wildman–Crippen MR) is 318 cm³/mol. The molecule has 86 heavy (non-hydrogen) atoms. The maximum atomic E-state index is 15.5. The van der Waals surface area contributed by atoms with Crippen LogP contribution in [0.25, 0.3) is 65.6 Å². The summed E-state index contributed by atoms with van der Waals surface area (Å²) in [6.45, 7) is -0.977. The second-order valence-corrected chi connectivity index (χ2v) is 23.5. The van der Waals surface area contributed by atoms with Crippen LogP contribution in [0, 0.1) is 43.5 Å². The summed E-state index contributed by atoms with van der Waals surface area (Å²) in [5.41, 5.74) is -1.72. The summed E-state index contributed by atoms with van der Waals surface area (Å²) in [4.78, 5) is 69.1. The lowest BCUT2D eigenvalue weighted by atomic mass is 9.97. The number of aromatic amines is 1. The highest BCUT2D eigenvalue weighted by molar-refractivity contribution is 7.91. The minimum atomic E-state index is -4.08. The van der Waals surface area contributed by atoms with Crippen molar-refractivity contribution >= 4 is 99.0 Å². The first-order valence-electron chi connectivity index (χ1n) is 25.3. The highest BCUT2D eigenvalue weighted by Crippen LogP contribution is 2.45. The smallest absolute Gasteiger partial charge is 0.282 e. The number of carbonyl (C=O) groups is 2. The van der Waals surface area contributed by atoms with Crippen LogP contribution in [0.1, 0.15) is 72.6 Å². The van der Waals surface area contributed by atoms with Gasteiger partial charge in [0, 0.05) is 91.6 Å². The number of nitro benzene ring substituents is 2. The number of pyridine rings is 2. The first kappa shape index (κ1) is 62.5. The van der Waals surface area contributed by atoms with Crippen LogP contribution in [0.15, 0.2) is 139 Å². The van der Waals surface area contributed by atoms with Gasteiger partial charge in [0.25, 0.3) is 28.7 Å². The van der Waals surface area contributed by atoms with Crippen molar-refractivity contribution in [1.82, 2.24) is 28.5 Å². The SMILES string of the molecule is C.C.COc1ncccc1-c1c(C(=O)NS(=O)(=O)C2CC2)n(Cc2cc([N+](=O)[O-])ccc2F)c2cc(F)c3ccccc3c12.Cl.O=C(NS(=O)(=O)C1CC1)c1c(-c2ccc[nH]c2=O)c2c3ccccc3c(F)cc2n1Cc1cc([N+](=O)[O-])ccc1F. The van der Waals surface area contributed by atoms with Gasteiger partial charge in [-0.15, -0.1) is 12.4 Å². The summed E-state index contributed by atoms with van der Waals surface area (Å²) in [7, 11) is -6.76. The Labute approximate surface area is 493 Å². The molecule has 0 bridgehead atoms. The van der Waals surface area contributed by atoms with Gasteiger partial charge in [-0.25, -0.2) is 48.8 Å². The van der Waals surface area contributed by atoms with E-state index >= 15 is 17.6 Å². The lowest BCUT2D eigenvalue weighted by molar-refractivity contribution is -0.385. The van der Waals surface area contributed by atoms with E-state index in [0.717, 1.165) is 42.5 Å². The van der Waals surface area contributed by atoms with Crippen LogP contribution in [0.5, 0.6) is 5.88 Å². The molecule has 446 valence electrons. The van der Waals surface area contributed by atoms with Crippen molar-refractivity contribution in [2.75, 3.05) is 7.11 Å². The molecule has 2 saturated carbocycles. The Morgan fingerprint density at radius 3 is 1.44 bits per heavy atom. The number of hydrogen-bond acceptors (Lipinski definition) is 13. The largest absolute Gasteiger partial charge is 0.481 e. The van der Waals surface area contributed by atoms with E-state index in [1.165, 1.54) is 52.9 Å². The first-order chi connectivity index (χ1) is 39.7. The number of nitro groups is 2. The normalized spacial score (nSPS) is 13.0. The van der Waals surface area contributed by atoms with Crippen LogP contribution in [0.2, 0.25) is 0 Å². The molecule has 0 unspecified atom stereocenters. The van der Waals surface area contributed by atoms with Gasteiger partial charge in [-0.05, 0) is 85.0 Å². The number of aromatic nitrogens is 4. The van der Waals surface area contributed by atoms with Crippen molar-refractivity contribution in [3.8, 4) is 28.1 Å². The average Bonchev–Trinajstić information content (AvgIpc) is 1.59. The van der Waals surface area contributed by atoms with E-state index < -0.39 is 105 Å². The monoisotopic (exact) mass is 1240 g/mol. The van der Waals surface area contributed by atoms with Crippen molar-refractivity contribution in [3.63, 3.8) is 0 Å². The molecule has 3 N–H and O–H groups in total. The third-order valence-electron chi connectivity index (χ3n) is 14.3. The highest BCUT2D eigenvalue weighted by Gasteiger charge is 2.40. The van der Waals surface area contributed by atoms with Crippen LogP contribution in [-0.2, 0) is 33.1 Å². The molecule has 10 aromatic rings.